The molecule has 0 aliphatic heterocycles. The van der Waals surface area contributed by atoms with Gasteiger partial charge in [0.25, 0.3) is 0 Å². The van der Waals surface area contributed by atoms with E-state index in [0.29, 0.717) is 32.1 Å². The average Bonchev–Trinajstić information content (AvgIpc) is 3.40. The number of carbonyl (C=O) groups is 3. The molecule has 3 N–H and O–H groups in total. The molecule has 1 saturated carbocycles. The SMILES string of the molecule is CCCC(NC(=O)OCC1c2ccccc2-c2ccccc21)C(=O)N[C@@H]1CC[C@H](C(=O)O)C1. The lowest BCUT2D eigenvalue weighted by molar-refractivity contribution is -0.141. The van der Waals surface area contributed by atoms with Gasteiger partial charge in [-0.3, -0.25) is 9.59 Å². The molecule has 3 atom stereocenters. The molecule has 33 heavy (non-hydrogen) atoms. The molecule has 0 saturated heterocycles. The first kappa shape index (κ1) is 22.8. The maximum Gasteiger partial charge on any atom is 0.407 e. The predicted molar refractivity (Wildman–Crippen MR) is 124 cm³/mol. The molecule has 2 amide bonds. The topological polar surface area (TPSA) is 105 Å². The summed E-state index contributed by atoms with van der Waals surface area (Å²) in [6.07, 6.45) is 2.17. The van der Waals surface area contributed by atoms with Crippen LogP contribution in [0, 0.1) is 5.92 Å². The maximum atomic E-state index is 12.8. The summed E-state index contributed by atoms with van der Waals surface area (Å²) in [5.41, 5.74) is 4.57. The third-order valence-electron chi connectivity index (χ3n) is 6.66. The van der Waals surface area contributed by atoms with E-state index in [1.807, 2.05) is 31.2 Å². The number of aliphatic carboxylic acids is 1. The lowest BCUT2D eigenvalue weighted by Gasteiger charge is -2.21. The molecular formula is C26H30N2O5. The van der Waals surface area contributed by atoms with E-state index in [9.17, 15) is 14.4 Å². The van der Waals surface area contributed by atoms with Gasteiger partial charge in [-0.2, -0.15) is 0 Å². The molecule has 4 rings (SSSR count). The highest BCUT2D eigenvalue weighted by atomic mass is 16.5. The lowest BCUT2D eigenvalue weighted by Crippen LogP contribution is -2.49. The Morgan fingerprint density at radius 2 is 1.67 bits per heavy atom. The highest BCUT2D eigenvalue weighted by molar-refractivity contribution is 5.86. The fourth-order valence-corrected chi connectivity index (χ4v) is 4.98. The second kappa shape index (κ2) is 10.1. The number of fused-ring (bicyclic) bond motifs is 3. The van der Waals surface area contributed by atoms with Crippen LogP contribution in [0.3, 0.4) is 0 Å². The number of carboxylic acid groups (broad SMARTS) is 1. The summed E-state index contributed by atoms with van der Waals surface area (Å²) >= 11 is 0. The van der Waals surface area contributed by atoms with Crippen LogP contribution in [-0.2, 0) is 14.3 Å². The zero-order valence-corrected chi connectivity index (χ0v) is 18.8. The highest BCUT2D eigenvalue weighted by Crippen LogP contribution is 2.44. The molecule has 7 nitrogen and oxygen atoms in total. The van der Waals surface area contributed by atoms with E-state index in [1.54, 1.807) is 0 Å². The summed E-state index contributed by atoms with van der Waals surface area (Å²) in [7, 11) is 0. The van der Waals surface area contributed by atoms with E-state index in [-0.39, 0.29) is 24.5 Å². The van der Waals surface area contributed by atoms with Gasteiger partial charge in [0.05, 0.1) is 5.92 Å². The van der Waals surface area contributed by atoms with Crippen molar-refractivity contribution in [3.63, 3.8) is 0 Å². The fourth-order valence-electron chi connectivity index (χ4n) is 4.98. The van der Waals surface area contributed by atoms with Gasteiger partial charge in [-0.15, -0.1) is 0 Å². The van der Waals surface area contributed by atoms with Crippen molar-refractivity contribution < 1.29 is 24.2 Å². The second-order valence-corrected chi connectivity index (χ2v) is 8.86. The summed E-state index contributed by atoms with van der Waals surface area (Å²) in [5.74, 6) is -1.59. The summed E-state index contributed by atoms with van der Waals surface area (Å²) in [6, 6.07) is 15.3. The number of ether oxygens (including phenoxy) is 1. The third kappa shape index (κ3) is 5.02. The monoisotopic (exact) mass is 450 g/mol. The van der Waals surface area contributed by atoms with Crippen LogP contribution in [0.4, 0.5) is 4.79 Å². The van der Waals surface area contributed by atoms with Crippen molar-refractivity contribution in [2.24, 2.45) is 5.92 Å². The van der Waals surface area contributed by atoms with Crippen molar-refractivity contribution in [1.29, 1.82) is 0 Å². The molecule has 1 fully saturated rings. The second-order valence-electron chi connectivity index (χ2n) is 8.86. The summed E-state index contributed by atoms with van der Waals surface area (Å²) in [5, 5.41) is 14.8. The third-order valence-corrected chi connectivity index (χ3v) is 6.66. The zero-order valence-electron chi connectivity index (χ0n) is 18.8. The first-order chi connectivity index (χ1) is 16.0. The van der Waals surface area contributed by atoms with Crippen LogP contribution in [0.15, 0.2) is 48.5 Å². The maximum absolute atomic E-state index is 12.8. The van der Waals surface area contributed by atoms with Gasteiger partial charge in [0.15, 0.2) is 0 Å². The van der Waals surface area contributed by atoms with Gasteiger partial charge >= 0.3 is 12.1 Å². The minimum Gasteiger partial charge on any atom is -0.481 e. The van der Waals surface area contributed by atoms with E-state index in [2.05, 4.69) is 34.9 Å². The number of nitrogens with one attached hydrogen (secondary N) is 2. The number of hydrogen-bond acceptors (Lipinski definition) is 4. The Morgan fingerprint density at radius 1 is 1.03 bits per heavy atom. The van der Waals surface area contributed by atoms with Crippen LogP contribution in [0.1, 0.15) is 56.1 Å². The normalized spacial score (nSPS) is 19.9. The molecule has 2 aliphatic rings. The molecule has 2 aliphatic carbocycles. The smallest absolute Gasteiger partial charge is 0.407 e. The number of carbonyl (C=O) groups excluding carboxylic acids is 2. The Labute approximate surface area is 193 Å². The van der Waals surface area contributed by atoms with Gasteiger partial charge < -0.3 is 20.5 Å². The number of benzene rings is 2. The Bertz CT molecular complexity index is 991. The Balaban J connectivity index is 1.35. The quantitative estimate of drug-likeness (QED) is 0.563. The molecule has 0 bridgehead atoms. The molecular weight excluding hydrogens is 420 g/mol. The van der Waals surface area contributed by atoms with Crippen molar-refractivity contribution in [3.05, 3.63) is 59.7 Å². The van der Waals surface area contributed by atoms with E-state index in [0.717, 1.165) is 22.3 Å². The predicted octanol–water partition coefficient (Wildman–Crippen LogP) is 4.06. The Kier molecular flexibility index (Phi) is 6.96. The molecule has 2 aromatic rings. The van der Waals surface area contributed by atoms with Crippen molar-refractivity contribution in [1.82, 2.24) is 10.6 Å². The fraction of sp³-hybridized carbons (Fsp3) is 0.423. The summed E-state index contributed by atoms with van der Waals surface area (Å²) in [6.45, 7) is 2.12. The van der Waals surface area contributed by atoms with Crippen molar-refractivity contribution in [2.75, 3.05) is 6.61 Å². The summed E-state index contributed by atoms with van der Waals surface area (Å²) < 4.78 is 5.58. The molecule has 0 aromatic heterocycles. The van der Waals surface area contributed by atoms with E-state index in [1.165, 1.54) is 0 Å². The van der Waals surface area contributed by atoms with Gasteiger partial charge in [0.2, 0.25) is 5.91 Å². The van der Waals surface area contributed by atoms with Gasteiger partial charge in [0, 0.05) is 12.0 Å². The molecule has 1 unspecified atom stereocenters. The van der Waals surface area contributed by atoms with Crippen molar-refractivity contribution in [2.45, 2.75) is 57.0 Å². The Hall–Kier alpha value is -3.35. The van der Waals surface area contributed by atoms with Crippen LogP contribution < -0.4 is 10.6 Å². The van der Waals surface area contributed by atoms with Crippen LogP contribution >= 0.6 is 0 Å². The number of carboxylic acids is 1. The minimum absolute atomic E-state index is 0.0481. The van der Waals surface area contributed by atoms with Crippen LogP contribution in [0.25, 0.3) is 11.1 Å². The van der Waals surface area contributed by atoms with E-state index < -0.39 is 24.0 Å². The molecule has 2 aromatic carbocycles. The molecule has 174 valence electrons. The number of rotatable bonds is 8. The van der Waals surface area contributed by atoms with E-state index >= 15 is 0 Å². The number of alkyl carbamates (subject to hydrolysis) is 1. The Morgan fingerprint density at radius 3 is 2.24 bits per heavy atom. The van der Waals surface area contributed by atoms with Gasteiger partial charge in [-0.1, -0.05) is 61.9 Å². The molecule has 0 radical (unpaired) electrons. The first-order valence-electron chi connectivity index (χ1n) is 11.6. The lowest BCUT2D eigenvalue weighted by atomic mass is 9.98. The van der Waals surface area contributed by atoms with Crippen LogP contribution in [0.5, 0.6) is 0 Å². The van der Waals surface area contributed by atoms with Gasteiger partial charge in [0.1, 0.15) is 12.6 Å². The first-order valence-corrected chi connectivity index (χ1v) is 11.6. The standard InChI is InChI=1S/C26H30N2O5/c1-2-7-23(24(29)27-17-13-12-16(14-17)25(30)31)28-26(32)33-15-22-20-10-5-3-8-18(20)19-9-4-6-11-21(19)22/h3-6,8-11,16-17,22-23H,2,7,12-15H2,1H3,(H,27,29)(H,28,32)(H,30,31)/t16-,17+,23?/m0/s1. The van der Waals surface area contributed by atoms with Gasteiger partial charge in [-0.05, 0) is 47.9 Å². The van der Waals surface area contributed by atoms with Crippen LogP contribution in [-0.4, -0.2) is 41.8 Å². The van der Waals surface area contributed by atoms with Gasteiger partial charge in [-0.25, -0.2) is 4.79 Å². The molecule has 0 heterocycles. The zero-order chi connectivity index (χ0) is 23.4. The largest absolute Gasteiger partial charge is 0.481 e. The van der Waals surface area contributed by atoms with Crippen molar-refractivity contribution in [3.8, 4) is 11.1 Å². The minimum atomic E-state index is -0.825. The van der Waals surface area contributed by atoms with Crippen LogP contribution in [0.2, 0.25) is 0 Å². The summed E-state index contributed by atoms with van der Waals surface area (Å²) in [4.78, 5) is 36.5. The highest BCUT2D eigenvalue weighted by Gasteiger charge is 2.33. The van der Waals surface area contributed by atoms with Crippen molar-refractivity contribution >= 4 is 18.0 Å². The number of hydrogen-bond donors (Lipinski definition) is 3. The molecule has 0 spiro atoms. The molecule has 7 heteroatoms. The average molecular weight is 451 g/mol. The van der Waals surface area contributed by atoms with E-state index in [4.69, 9.17) is 9.84 Å². The number of amides is 2.